The molecule has 6 aromatic rings. The maximum Gasteiger partial charge on any atom is 0.399 e. The molecule has 1 saturated heterocycles. The molecular formula is C61H58F2N9O12P. The van der Waals surface area contributed by atoms with Crippen molar-refractivity contribution >= 4 is 77.4 Å². The summed E-state index contributed by atoms with van der Waals surface area (Å²) in [4.78, 5) is 146. The lowest BCUT2D eigenvalue weighted by Crippen LogP contribution is -2.57. The van der Waals surface area contributed by atoms with Crippen LogP contribution in [-0.4, -0.2) is 104 Å². The van der Waals surface area contributed by atoms with Crippen molar-refractivity contribution in [3.63, 3.8) is 0 Å². The number of nitrogens with zero attached hydrogens (tertiary/aromatic N) is 2. The number of hydrogen-bond donors (Lipinski definition) is 9. The minimum absolute atomic E-state index is 0.00104. The molecule has 1 unspecified atom stereocenters. The Labute approximate surface area is 485 Å². The number of aromatic nitrogens is 1. The molecule has 438 valence electrons. The summed E-state index contributed by atoms with van der Waals surface area (Å²) < 4.78 is 43.0. The lowest BCUT2D eigenvalue weighted by atomic mass is 9.98. The number of piperidine rings is 1. The summed E-state index contributed by atoms with van der Waals surface area (Å²) in [6.45, 7) is 0.135. The van der Waals surface area contributed by atoms with Gasteiger partial charge in [-0.15, -0.1) is 0 Å². The largest absolute Gasteiger partial charge is 0.399 e. The molecule has 5 aromatic carbocycles. The number of alkyl halides is 2. The lowest BCUT2D eigenvalue weighted by Gasteiger charge is -2.29. The van der Waals surface area contributed by atoms with Gasteiger partial charge in [0.2, 0.25) is 35.4 Å². The number of carbonyl (C=O) groups excluding carboxylic acids is 9. The molecule has 0 saturated carbocycles. The standard InChI is InChI=1S/C61H58F2N9O12P/c62-61(63,85(82,83)84)40-29-39-30-46(66-52(39)42(32-40)54(75)65-28-10-2-1-5-13-34-18-12-21-41-43(34)33-71(59(41)80)47-25-27-50(74)69-57(47)78)56(77)68-45-23-22-37-19-11-20-38-31-48(72(53(37)38)60(45)81)58(79)67-44(24-26-49(64)73)55(76)70-51(35-14-6-3-7-15-35)36-16-8-4-9-17-36/h3-4,6-9,11-12,14-21,29-30,32,44-45,47-48,51,66H,1-2,10,22-28,31,33H2,(H2,64,73)(H,65,75)(H,67,79)(H,68,77)(H,70,76)(H,69,74,78)(H2,82,83,84)/t44-,45-,47?,48-/m0/s1. The molecule has 10 N–H and O–H groups in total. The minimum Gasteiger partial charge on any atom is -0.370 e. The first-order chi connectivity index (χ1) is 40.7. The van der Waals surface area contributed by atoms with E-state index in [1.165, 1.54) is 9.80 Å². The predicted octanol–water partition coefficient (Wildman–Crippen LogP) is 4.77. The minimum atomic E-state index is -6.16. The summed E-state index contributed by atoms with van der Waals surface area (Å²) in [5.74, 6) is 0.246. The topological polar surface area (TPSA) is 320 Å². The van der Waals surface area contributed by atoms with E-state index in [9.17, 15) is 57.5 Å². The van der Waals surface area contributed by atoms with Crippen LogP contribution in [0.5, 0.6) is 0 Å². The predicted molar refractivity (Wildman–Crippen MR) is 304 cm³/mol. The third kappa shape index (κ3) is 12.3. The van der Waals surface area contributed by atoms with E-state index in [0.29, 0.717) is 58.8 Å². The Bertz CT molecular complexity index is 3780. The second-order valence-corrected chi connectivity index (χ2v) is 22.9. The highest BCUT2D eigenvalue weighted by molar-refractivity contribution is 7.52. The van der Waals surface area contributed by atoms with Gasteiger partial charge < -0.3 is 46.7 Å². The van der Waals surface area contributed by atoms with E-state index in [1.54, 1.807) is 36.4 Å². The molecule has 4 atom stereocenters. The number of imide groups is 1. The number of aromatic amines is 1. The van der Waals surface area contributed by atoms with E-state index in [0.717, 1.165) is 23.3 Å². The second kappa shape index (κ2) is 24.5. The summed E-state index contributed by atoms with van der Waals surface area (Å²) in [7, 11) is -6.16. The molecule has 4 aliphatic heterocycles. The zero-order chi connectivity index (χ0) is 60.3. The number of fused-ring (bicyclic) bond motifs is 2. The molecule has 85 heavy (non-hydrogen) atoms. The summed E-state index contributed by atoms with van der Waals surface area (Å²) in [6, 6.07) is 25.9. The number of para-hydroxylation sites is 1. The molecule has 9 amide bonds. The van der Waals surface area contributed by atoms with E-state index in [4.69, 9.17) is 5.73 Å². The Balaban J connectivity index is 0.827. The van der Waals surface area contributed by atoms with Crippen LogP contribution in [0.25, 0.3) is 10.9 Å². The van der Waals surface area contributed by atoms with Gasteiger partial charge in [-0.1, -0.05) is 96.8 Å². The highest BCUT2D eigenvalue weighted by atomic mass is 31.2. The van der Waals surface area contributed by atoms with Gasteiger partial charge >= 0.3 is 13.3 Å². The van der Waals surface area contributed by atoms with Crippen LogP contribution < -0.4 is 37.2 Å². The average molecular weight is 1180 g/mol. The number of benzene rings is 5. The van der Waals surface area contributed by atoms with Crippen molar-refractivity contribution in [1.82, 2.24) is 36.5 Å². The van der Waals surface area contributed by atoms with Crippen molar-refractivity contribution in [1.29, 1.82) is 0 Å². The van der Waals surface area contributed by atoms with E-state index in [2.05, 4.69) is 43.4 Å². The molecule has 0 spiro atoms. The molecule has 10 rings (SSSR count). The number of nitrogens with one attached hydrogen (secondary N) is 6. The summed E-state index contributed by atoms with van der Waals surface area (Å²) in [5.41, 5.74) is 3.56. The van der Waals surface area contributed by atoms with Crippen molar-refractivity contribution < 1.29 is 66.3 Å². The normalized spacial score (nSPS) is 17.7. The molecule has 24 heteroatoms. The zero-order valence-electron chi connectivity index (χ0n) is 45.5. The van der Waals surface area contributed by atoms with E-state index < -0.39 is 102 Å². The van der Waals surface area contributed by atoms with Crippen LogP contribution in [0.15, 0.2) is 115 Å². The van der Waals surface area contributed by atoms with Gasteiger partial charge in [-0.25, -0.2) is 0 Å². The van der Waals surface area contributed by atoms with Gasteiger partial charge in [0.1, 0.15) is 29.9 Å². The van der Waals surface area contributed by atoms with Crippen molar-refractivity contribution in [3.8, 4) is 11.8 Å². The van der Waals surface area contributed by atoms with Crippen LogP contribution in [0.1, 0.15) is 128 Å². The smallest absolute Gasteiger partial charge is 0.370 e. The van der Waals surface area contributed by atoms with Crippen LogP contribution in [0.2, 0.25) is 0 Å². The number of hydrogen-bond acceptors (Lipinski definition) is 10. The first-order valence-electron chi connectivity index (χ1n) is 27.6. The number of rotatable bonds is 19. The van der Waals surface area contributed by atoms with Gasteiger partial charge in [-0.2, -0.15) is 8.78 Å². The maximum absolute atomic E-state index is 15.4. The zero-order valence-corrected chi connectivity index (χ0v) is 46.4. The molecule has 5 heterocycles. The summed E-state index contributed by atoms with van der Waals surface area (Å²) >= 11 is 0. The number of unbranched alkanes of at least 4 members (excludes halogenated alkanes) is 2. The number of H-pyrrole nitrogens is 1. The maximum atomic E-state index is 15.4. The Morgan fingerprint density at radius 2 is 1.53 bits per heavy atom. The quantitative estimate of drug-likeness (QED) is 0.0229. The van der Waals surface area contributed by atoms with Gasteiger partial charge in [0.15, 0.2) is 0 Å². The van der Waals surface area contributed by atoms with Crippen molar-refractivity contribution in [2.45, 2.75) is 107 Å². The van der Waals surface area contributed by atoms with E-state index in [1.807, 2.05) is 60.7 Å². The molecule has 1 aromatic heterocycles. The second-order valence-electron chi connectivity index (χ2n) is 21.2. The number of halogens is 2. The van der Waals surface area contributed by atoms with Gasteiger partial charge in [-0.3, -0.25) is 57.9 Å². The third-order valence-electron chi connectivity index (χ3n) is 15.6. The molecule has 21 nitrogen and oxygen atoms in total. The number of anilines is 1. The monoisotopic (exact) mass is 1180 g/mol. The van der Waals surface area contributed by atoms with Crippen LogP contribution in [-0.2, 0) is 58.4 Å². The third-order valence-corrected chi connectivity index (χ3v) is 16.6. The van der Waals surface area contributed by atoms with Gasteiger partial charge in [0, 0.05) is 60.8 Å². The molecule has 0 radical (unpaired) electrons. The SMILES string of the molecule is NC(=O)CC[C@H](NC(=O)[C@@H]1Cc2cccc3c2N1C(=O)[C@@H](NC(=O)c1cc2cc(C(F)(F)P(=O)(O)O)cc(C(=O)NCCCCC#Cc4cccc5c4CN(C4CCC(=O)NC4=O)C5=O)c2[nH]1)CC3)C(=O)NC(c1ccccc1)c1ccccc1. The van der Waals surface area contributed by atoms with Gasteiger partial charge in [-0.05, 0) is 96.7 Å². The number of amides is 9. The Morgan fingerprint density at radius 1 is 0.824 bits per heavy atom. The van der Waals surface area contributed by atoms with Crippen molar-refractivity contribution in [3.05, 3.63) is 171 Å². The molecule has 0 bridgehead atoms. The first-order valence-corrected chi connectivity index (χ1v) is 29.2. The highest BCUT2D eigenvalue weighted by Gasteiger charge is 2.51. The molecule has 1 fully saturated rings. The summed E-state index contributed by atoms with van der Waals surface area (Å²) in [5, 5.41) is 13.2. The number of nitrogens with two attached hydrogens (primary N) is 1. The highest BCUT2D eigenvalue weighted by Crippen LogP contribution is 2.59. The number of aryl methyl sites for hydroxylation is 1. The van der Waals surface area contributed by atoms with E-state index in [-0.39, 0.29) is 80.5 Å². The lowest BCUT2D eigenvalue weighted by molar-refractivity contribution is -0.137. The number of primary amides is 1. The molecule has 4 aliphatic rings. The van der Waals surface area contributed by atoms with Crippen LogP contribution >= 0.6 is 7.60 Å². The van der Waals surface area contributed by atoms with E-state index >= 15 is 8.78 Å². The van der Waals surface area contributed by atoms with Crippen LogP contribution in [0, 0.1) is 11.8 Å². The fourth-order valence-electron chi connectivity index (χ4n) is 11.3. The van der Waals surface area contributed by atoms with Gasteiger partial charge in [0.25, 0.3) is 17.7 Å². The fraction of sp³-hybridized carbons (Fsp3) is 0.295. The molecule has 0 aliphatic carbocycles. The van der Waals surface area contributed by atoms with Crippen molar-refractivity contribution in [2.75, 3.05) is 11.4 Å². The fourth-order valence-corrected chi connectivity index (χ4v) is 11.8. The number of carbonyl (C=O) groups is 9. The van der Waals surface area contributed by atoms with Crippen molar-refractivity contribution in [2.24, 2.45) is 5.73 Å². The Hall–Kier alpha value is -9.36. The Morgan fingerprint density at radius 3 is 2.22 bits per heavy atom. The first kappa shape index (κ1) is 58.8. The average Bonchev–Trinajstić information content (AvgIpc) is 2.73. The molecular weight excluding hydrogens is 1120 g/mol. The summed E-state index contributed by atoms with van der Waals surface area (Å²) in [6.07, 6.45) is 1.30. The van der Waals surface area contributed by atoms with Crippen LogP contribution in [0.4, 0.5) is 14.5 Å². The van der Waals surface area contributed by atoms with Crippen LogP contribution in [0.3, 0.4) is 0 Å². The Kier molecular flexibility index (Phi) is 16.9. The van der Waals surface area contributed by atoms with Gasteiger partial charge in [0.05, 0.1) is 22.8 Å².